The Morgan fingerprint density at radius 3 is 2.58 bits per heavy atom. The average molecular weight is 263 g/mol. The van der Waals surface area contributed by atoms with Gasteiger partial charge in [0.2, 0.25) is 5.91 Å². The van der Waals surface area contributed by atoms with Crippen molar-refractivity contribution in [3.8, 4) is 0 Å². The number of benzene rings is 1. The normalized spacial score (nSPS) is 12.4. The molecule has 5 nitrogen and oxygen atoms in total. The van der Waals surface area contributed by atoms with E-state index in [-0.39, 0.29) is 0 Å². The summed E-state index contributed by atoms with van der Waals surface area (Å²) in [6.07, 6.45) is 2.86. The van der Waals surface area contributed by atoms with Crippen molar-refractivity contribution in [3.63, 3.8) is 0 Å². The molecule has 1 aromatic rings. The van der Waals surface area contributed by atoms with Crippen LogP contribution in [-0.2, 0) is 9.59 Å². The molecule has 0 aliphatic carbocycles. The molecule has 0 aliphatic heterocycles. The minimum atomic E-state index is -1.28. The summed E-state index contributed by atoms with van der Waals surface area (Å²) in [5, 5.41) is 19.7. The number of nitrogens with one attached hydrogen (secondary N) is 1. The molecule has 0 radical (unpaired) electrons. The van der Waals surface area contributed by atoms with Gasteiger partial charge in [-0.25, -0.2) is 4.79 Å². The smallest absolute Gasteiger partial charge is 0.328 e. The average Bonchev–Trinajstić information content (AvgIpc) is 2.34. The monoisotopic (exact) mass is 263 g/mol. The third-order valence-corrected chi connectivity index (χ3v) is 2.64. The predicted molar refractivity (Wildman–Crippen MR) is 71.6 cm³/mol. The number of aliphatic carboxylic acids is 1. The van der Waals surface area contributed by atoms with Crippen LogP contribution in [0.15, 0.2) is 24.3 Å². The van der Waals surface area contributed by atoms with E-state index in [4.69, 9.17) is 10.2 Å². The van der Waals surface area contributed by atoms with Crippen molar-refractivity contribution < 1.29 is 19.8 Å². The lowest BCUT2D eigenvalue weighted by molar-refractivity contribution is -0.142. The highest BCUT2D eigenvalue weighted by Crippen LogP contribution is 2.11. The maximum absolute atomic E-state index is 11.5. The van der Waals surface area contributed by atoms with Gasteiger partial charge in [0.15, 0.2) is 6.04 Å². The maximum atomic E-state index is 11.5. The molecular weight excluding hydrogens is 246 g/mol. The molecule has 5 heteroatoms. The minimum Gasteiger partial charge on any atom is -0.480 e. The van der Waals surface area contributed by atoms with E-state index in [2.05, 4.69) is 5.32 Å². The zero-order chi connectivity index (χ0) is 14.4. The molecule has 0 aliphatic rings. The Balaban J connectivity index is 2.70. The van der Waals surface area contributed by atoms with Crippen molar-refractivity contribution in [2.75, 3.05) is 6.61 Å². The number of rotatable bonds is 5. The third kappa shape index (κ3) is 4.56. The molecule has 0 heterocycles. The molecule has 0 bridgehead atoms. The van der Waals surface area contributed by atoms with Crippen LogP contribution in [0.5, 0.6) is 0 Å². The lowest BCUT2D eigenvalue weighted by Crippen LogP contribution is -2.42. The Morgan fingerprint density at radius 2 is 2.05 bits per heavy atom. The number of hydrogen-bond acceptors (Lipinski definition) is 3. The number of aliphatic hydroxyl groups excluding tert-OH is 1. The van der Waals surface area contributed by atoms with E-state index in [9.17, 15) is 9.59 Å². The second-order valence-corrected chi connectivity index (χ2v) is 4.28. The Hall–Kier alpha value is -2.14. The van der Waals surface area contributed by atoms with E-state index in [0.717, 1.165) is 16.7 Å². The summed E-state index contributed by atoms with van der Waals surface area (Å²) < 4.78 is 0. The lowest BCUT2D eigenvalue weighted by Gasteiger charge is -2.09. The quantitative estimate of drug-likeness (QED) is 0.688. The van der Waals surface area contributed by atoms with E-state index < -0.39 is 24.5 Å². The molecule has 1 atom stereocenters. The van der Waals surface area contributed by atoms with Gasteiger partial charge in [0.25, 0.3) is 0 Å². The van der Waals surface area contributed by atoms with E-state index in [1.165, 1.54) is 6.08 Å². The van der Waals surface area contributed by atoms with Gasteiger partial charge < -0.3 is 15.5 Å². The molecule has 1 amide bonds. The van der Waals surface area contributed by atoms with Crippen molar-refractivity contribution in [2.24, 2.45) is 0 Å². The molecular formula is C14H17NO4. The fourth-order valence-corrected chi connectivity index (χ4v) is 1.58. The molecule has 0 fully saturated rings. The molecule has 1 aromatic carbocycles. The van der Waals surface area contributed by atoms with Gasteiger partial charge in [0.1, 0.15) is 0 Å². The fraction of sp³-hybridized carbons (Fsp3) is 0.286. The summed E-state index contributed by atoms with van der Waals surface area (Å²) in [7, 11) is 0. The van der Waals surface area contributed by atoms with Gasteiger partial charge in [-0.3, -0.25) is 4.79 Å². The van der Waals surface area contributed by atoms with Crippen molar-refractivity contribution in [1.29, 1.82) is 0 Å². The molecule has 3 N–H and O–H groups in total. The number of carbonyl (C=O) groups is 2. The zero-order valence-electron chi connectivity index (χ0n) is 10.9. The molecule has 0 unspecified atom stereocenters. The molecule has 19 heavy (non-hydrogen) atoms. The van der Waals surface area contributed by atoms with Crippen LogP contribution in [-0.4, -0.2) is 34.7 Å². The van der Waals surface area contributed by atoms with Gasteiger partial charge >= 0.3 is 5.97 Å². The van der Waals surface area contributed by atoms with Crippen molar-refractivity contribution in [3.05, 3.63) is 41.0 Å². The van der Waals surface area contributed by atoms with Crippen molar-refractivity contribution in [1.82, 2.24) is 5.32 Å². The van der Waals surface area contributed by atoms with Gasteiger partial charge in [-0.1, -0.05) is 23.8 Å². The molecule has 0 saturated heterocycles. The number of hydrogen-bond donors (Lipinski definition) is 3. The molecule has 1 rings (SSSR count). The number of aryl methyl sites for hydroxylation is 2. The topological polar surface area (TPSA) is 86.6 Å². The van der Waals surface area contributed by atoms with Crippen LogP contribution >= 0.6 is 0 Å². The van der Waals surface area contributed by atoms with Crippen LogP contribution in [0.1, 0.15) is 16.7 Å². The van der Waals surface area contributed by atoms with E-state index in [1.54, 1.807) is 6.08 Å². The van der Waals surface area contributed by atoms with Gasteiger partial charge in [0, 0.05) is 6.08 Å². The number of carboxylic acid groups (broad SMARTS) is 1. The maximum Gasteiger partial charge on any atom is 0.328 e. The second kappa shape index (κ2) is 6.70. The van der Waals surface area contributed by atoms with Gasteiger partial charge in [-0.2, -0.15) is 0 Å². The Labute approximate surface area is 111 Å². The highest BCUT2D eigenvalue weighted by Gasteiger charge is 2.16. The third-order valence-electron chi connectivity index (χ3n) is 2.64. The van der Waals surface area contributed by atoms with Crippen LogP contribution in [0.2, 0.25) is 0 Å². The largest absolute Gasteiger partial charge is 0.480 e. The van der Waals surface area contributed by atoms with Gasteiger partial charge in [-0.05, 0) is 31.1 Å². The number of carboxylic acids is 1. The van der Waals surface area contributed by atoms with E-state index in [0.29, 0.717) is 0 Å². The molecule has 0 saturated carbocycles. The first kappa shape index (κ1) is 14.9. The second-order valence-electron chi connectivity index (χ2n) is 4.28. The standard InChI is InChI=1S/C14H17NO4/c1-9-3-4-11(10(2)7-9)5-6-13(17)15-12(8-16)14(18)19/h3-7,12,16H,8H2,1-2H3,(H,15,17)(H,18,19)/b6-5+/t12-/m1/s1. The first-order valence-corrected chi connectivity index (χ1v) is 5.83. The summed E-state index contributed by atoms with van der Waals surface area (Å²) in [6, 6.07) is 4.52. The molecule has 0 spiro atoms. The zero-order valence-corrected chi connectivity index (χ0v) is 10.9. The van der Waals surface area contributed by atoms with Crippen LogP contribution in [0.25, 0.3) is 6.08 Å². The summed E-state index contributed by atoms with van der Waals surface area (Å²) in [4.78, 5) is 22.1. The fourth-order valence-electron chi connectivity index (χ4n) is 1.58. The van der Waals surface area contributed by atoms with Crippen LogP contribution < -0.4 is 5.32 Å². The lowest BCUT2D eigenvalue weighted by atomic mass is 10.1. The number of carbonyl (C=O) groups excluding carboxylic acids is 1. The highest BCUT2D eigenvalue weighted by atomic mass is 16.4. The van der Waals surface area contributed by atoms with Crippen LogP contribution in [0, 0.1) is 13.8 Å². The molecule has 0 aromatic heterocycles. The number of amides is 1. The number of aliphatic hydroxyl groups is 1. The summed E-state index contributed by atoms with van der Waals surface area (Å²) in [6.45, 7) is 3.27. The van der Waals surface area contributed by atoms with E-state index in [1.807, 2.05) is 32.0 Å². The van der Waals surface area contributed by atoms with Gasteiger partial charge in [-0.15, -0.1) is 0 Å². The minimum absolute atomic E-state index is 0.554. The predicted octanol–water partition coefficient (Wildman–Crippen LogP) is 0.878. The molecule has 102 valence electrons. The summed E-state index contributed by atoms with van der Waals surface area (Å²) >= 11 is 0. The van der Waals surface area contributed by atoms with Crippen LogP contribution in [0.4, 0.5) is 0 Å². The van der Waals surface area contributed by atoms with Crippen molar-refractivity contribution in [2.45, 2.75) is 19.9 Å². The van der Waals surface area contributed by atoms with Gasteiger partial charge in [0.05, 0.1) is 6.61 Å². The first-order chi connectivity index (χ1) is 8.93. The highest BCUT2D eigenvalue weighted by molar-refractivity contribution is 5.94. The first-order valence-electron chi connectivity index (χ1n) is 5.83. The Kier molecular flexibility index (Phi) is 5.26. The SMILES string of the molecule is Cc1ccc(/C=C/C(=O)N[C@H](CO)C(=O)O)c(C)c1. The Morgan fingerprint density at radius 1 is 1.37 bits per heavy atom. The summed E-state index contributed by atoms with van der Waals surface area (Å²) in [5.74, 6) is -1.82. The van der Waals surface area contributed by atoms with Crippen molar-refractivity contribution >= 4 is 18.0 Å². The van der Waals surface area contributed by atoms with E-state index >= 15 is 0 Å². The Bertz CT molecular complexity index is 508. The summed E-state index contributed by atoms with van der Waals surface area (Å²) in [5.41, 5.74) is 3.04. The van der Waals surface area contributed by atoms with Crippen LogP contribution in [0.3, 0.4) is 0 Å².